The molecule has 0 aliphatic heterocycles. The van der Waals surface area contributed by atoms with Gasteiger partial charge in [0.05, 0.1) is 6.61 Å². The van der Waals surface area contributed by atoms with Gasteiger partial charge in [-0.05, 0) is 17.0 Å². The van der Waals surface area contributed by atoms with E-state index in [2.05, 4.69) is 17.4 Å². The second kappa shape index (κ2) is 7.39. The number of methoxy groups -OCH3 is 1. The molecule has 0 spiro atoms. The summed E-state index contributed by atoms with van der Waals surface area (Å²) in [5.74, 6) is 0.301. The summed E-state index contributed by atoms with van der Waals surface area (Å²) in [7, 11) is 1.71. The highest BCUT2D eigenvalue weighted by Crippen LogP contribution is 2.09. The van der Waals surface area contributed by atoms with E-state index in [-0.39, 0.29) is 6.61 Å². The largest absolute Gasteiger partial charge is 0.396 e. The molecule has 1 atom stereocenters. The Kier molecular flexibility index (Phi) is 6.08. The Labute approximate surface area is 97.4 Å². The van der Waals surface area contributed by atoms with Gasteiger partial charge in [-0.1, -0.05) is 31.2 Å². The minimum atomic E-state index is 0.229. The lowest BCUT2D eigenvalue weighted by atomic mass is 10.1. The Morgan fingerprint density at radius 1 is 1.31 bits per heavy atom. The molecule has 90 valence electrons. The fourth-order valence-corrected chi connectivity index (χ4v) is 1.54. The van der Waals surface area contributed by atoms with Gasteiger partial charge in [0.15, 0.2) is 0 Å². The molecule has 0 saturated carbocycles. The Morgan fingerprint density at radius 2 is 2.00 bits per heavy atom. The van der Waals surface area contributed by atoms with Crippen LogP contribution in [0.15, 0.2) is 24.3 Å². The molecule has 1 aromatic carbocycles. The summed E-state index contributed by atoms with van der Waals surface area (Å²) in [4.78, 5) is 0. The second-order valence-electron chi connectivity index (χ2n) is 4.12. The molecule has 1 aromatic rings. The van der Waals surface area contributed by atoms with Crippen LogP contribution < -0.4 is 5.32 Å². The van der Waals surface area contributed by atoms with Crippen molar-refractivity contribution in [3.63, 3.8) is 0 Å². The summed E-state index contributed by atoms with van der Waals surface area (Å²) in [5.41, 5.74) is 2.48. The van der Waals surface area contributed by atoms with Gasteiger partial charge in [0.2, 0.25) is 0 Å². The van der Waals surface area contributed by atoms with Gasteiger partial charge >= 0.3 is 0 Å². The minimum absolute atomic E-state index is 0.229. The summed E-state index contributed by atoms with van der Waals surface area (Å²) in [6.45, 7) is 4.55. The van der Waals surface area contributed by atoms with Crippen LogP contribution in [0.3, 0.4) is 0 Å². The van der Waals surface area contributed by atoms with Gasteiger partial charge in [-0.15, -0.1) is 0 Å². The summed E-state index contributed by atoms with van der Waals surface area (Å²) >= 11 is 0. The average molecular weight is 223 g/mol. The van der Waals surface area contributed by atoms with Crippen LogP contribution >= 0.6 is 0 Å². The fraction of sp³-hybridized carbons (Fsp3) is 0.538. The minimum Gasteiger partial charge on any atom is -0.396 e. The van der Waals surface area contributed by atoms with Gasteiger partial charge in [-0.2, -0.15) is 0 Å². The monoisotopic (exact) mass is 223 g/mol. The van der Waals surface area contributed by atoms with Crippen molar-refractivity contribution in [2.24, 2.45) is 5.92 Å². The lowest BCUT2D eigenvalue weighted by Crippen LogP contribution is -2.23. The number of ether oxygens (including phenoxy) is 1. The number of benzene rings is 1. The molecular weight excluding hydrogens is 202 g/mol. The normalized spacial score (nSPS) is 12.7. The van der Waals surface area contributed by atoms with Crippen molar-refractivity contribution in [3.8, 4) is 0 Å². The first-order valence-electron chi connectivity index (χ1n) is 5.65. The Balaban J connectivity index is 2.46. The van der Waals surface area contributed by atoms with Crippen LogP contribution in [0, 0.1) is 5.92 Å². The number of hydrogen-bond donors (Lipinski definition) is 2. The smallest absolute Gasteiger partial charge is 0.0716 e. The highest BCUT2D eigenvalue weighted by Gasteiger charge is 2.02. The summed E-state index contributed by atoms with van der Waals surface area (Å²) in [6, 6.07) is 8.24. The molecule has 1 rings (SSSR count). The predicted octanol–water partition coefficient (Wildman–Crippen LogP) is 1.55. The Morgan fingerprint density at radius 3 is 2.62 bits per heavy atom. The van der Waals surface area contributed by atoms with Crippen LogP contribution in [-0.2, 0) is 17.9 Å². The molecule has 3 nitrogen and oxygen atoms in total. The highest BCUT2D eigenvalue weighted by molar-refractivity contribution is 5.26. The van der Waals surface area contributed by atoms with E-state index in [0.717, 1.165) is 13.1 Å². The summed E-state index contributed by atoms with van der Waals surface area (Å²) < 4.78 is 5.15. The third-order valence-electron chi connectivity index (χ3n) is 2.54. The Hall–Kier alpha value is -0.900. The topological polar surface area (TPSA) is 41.5 Å². The maximum atomic E-state index is 8.91. The predicted molar refractivity (Wildman–Crippen MR) is 65.1 cm³/mol. The standard InChI is InChI=1S/C13H21NO2/c1-11(9-15)7-14-8-12-5-3-4-6-13(12)10-16-2/h3-6,11,14-15H,7-10H2,1-2H3. The molecule has 0 radical (unpaired) electrons. The fourth-order valence-electron chi connectivity index (χ4n) is 1.54. The molecule has 0 amide bonds. The van der Waals surface area contributed by atoms with Gasteiger partial charge in [0, 0.05) is 26.8 Å². The van der Waals surface area contributed by atoms with Gasteiger partial charge in [0.25, 0.3) is 0 Å². The molecule has 0 saturated heterocycles. The zero-order chi connectivity index (χ0) is 11.8. The first-order chi connectivity index (χ1) is 7.77. The molecule has 0 fully saturated rings. The lowest BCUT2D eigenvalue weighted by molar-refractivity contribution is 0.184. The van der Waals surface area contributed by atoms with Crippen molar-refractivity contribution in [3.05, 3.63) is 35.4 Å². The molecule has 0 aromatic heterocycles. The number of rotatable bonds is 7. The molecule has 0 aliphatic rings. The van der Waals surface area contributed by atoms with Crippen LogP contribution in [0.2, 0.25) is 0 Å². The van der Waals surface area contributed by atoms with E-state index in [1.165, 1.54) is 11.1 Å². The first kappa shape index (κ1) is 13.2. The number of aliphatic hydroxyl groups is 1. The maximum absolute atomic E-state index is 8.91. The molecule has 0 bridgehead atoms. The quantitative estimate of drug-likeness (QED) is 0.737. The average Bonchev–Trinajstić information content (AvgIpc) is 2.31. The van der Waals surface area contributed by atoms with Gasteiger partial charge in [-0.25, -0.2) is 0 Å². The first-order valence-corrected chi connectivity index (χ1v) is 5.65. The van der Waals surface area contributed by atoms with E-state index in [0.29, 0.717) is 12.5 Å². The number of hydrogen-bond acceptors (Lipinski definition) is 3. The molecule has 2 N–H and O–H groups in total. The maximum Gasteiger partial charge on any atom is 0.0716 e. The summed E-state index contributed by atoms with van der Waals surface area (Å²) in [6.07, 6.45) is 0. The third-order valence-corrected chi connectivity index (χ3v) is 2.54. The number of nitrogens with one attached hydrogen (secondary N) is 1. The van der Waals surface area contributed by atoms with Crippen molar-refractivity contribution in [2.75, 3.05) is 20.3 Å². The molecule has 3 heteroatoms. The van der Waals surface area contributed by atoms with Crippen molar-refractivity contribution in [2.45, 2.75) is 20.1 Å². The number of aliphatic hydroxyl groups excluding tert-OH is 1. The molecule has 0 heterocycles. The van der Waals surface area contributed by atoms with Crippen LogP contribution in [0.5, 0.6) is 0 Å². The van der Waals surface area contributed by atoms with E-state index < -0.39 is 0 Å². The molecule has 1 unspecified atom stereocenters. The van der Waals surface area contributed by atoms with Crippen molar-refractivity contribution in [1.29, 1.82) is 0 Å². The van der Waals surface area contributed by atoms with Crippen molar-refractivity contribution in [1.82, 2.24) is 5.32 Å². The molecule has 16 heavy (non-hydrogen) atoms. The van der Waals surface area contributed by atoms with E-state index in [1.807, 2.05) is 19.1 Å². The SMILES string of the molecule is COCc1ccccc1CNCC(C)CO. The van der Waals surface area contributed by atoms with Gasteiger partial charge < -0.3 is 15.2 Å². The van der Waals surface area contributed by atoms with Crippen LogP contribution in [0.25, 0.3) is 0 Å². The third kappa shape index (κ3) is 4.31. The van der Waals surface area contributed by atoms with E-state index >= 15 is 0 Å². The van der Waals surface area contributed by atoms with E-state index in [4.69, 9.17) is 9.84 Å². The summed E-state index contributed by atoms with van der Waals surface area (Å²) in [5, 5.41) is 12.2. The zero-order valence-corrected chi connectivity index (χ0v) is 10.1. The zero-order valence-electron chi connectivity index (χ0n) is 10.1. The molecular formula is C13H21NO2. The Bertz CT molecular complexity index is 302. The van der Waals surface area contributed by atoms with Crippen molar-refractivity contribution < 1.29 is 9.84 Å². The van der Waals surface area contributed by atoms with E-state index in [9.17, 15) is 0 Å². The highest BCUT2D eigenvalue weighted by atomic mass is 16.5. The van der Waals surface area contributed by atoms with E-state index in [1.54, 1.807) is 7.11 Å². The van der Waals surface area contributed by atoms with Crippen LogP contribution in [-0.4, -0.2) is 25.4 Å². The van der Waals surface area contributed by atoms with Crippen LogP contribution in [0.1, 0.15) is 18.1 Å². The van der Waals surface area contributed by atoms with Crippen LogP contribution in [0.4, 0.5) is 0 Å². The van der Waals surface area contributed by atoms with Crippen molar-refractivity contribution >= 4 is 0 Å². The molecule has 0 aliphatic carbocycles. The van der Waals surface area contributed by atoms with Gasteiger partial charge in [-0.3, -0.25) is 0 Å². The lowest BCUT2D eigenvalue weighted by Gasteiger charge is -2.12. The van der Waals surface area contributed by atoms with Gasteiger partial charge in [0.1, 0.15) is 0 Å². The second-order valence-corrected chi connectivity index (χ2v) is 4.12.